The summed E-state index contributed by atoms with van der Waals surface area (Å²) in [6.45, 7) is 4.98. The predicted molar refractivity (Wildman–Crippen MR) is 142 cm³/mol. The summed E-state index contributed by atoms with van der Waals surface area (Å²) in [5, 5.41) is 8.81. The third-order valence-corrected chi connectivity index (χ3v) is 6.40. The number of amides is 2. The van der Waals surface area contributed by atoms with Crippen LogP contribution in [0, 0.1) is 0 Å². The van der Waals surface area contributed by atoms with Crippen LogP contribution in [0.15, 0.2) is 60.7 Å². The van der Waals surface area contributed by atoms with Gasteiger partial charge in [-0.3, -0.25) is 9.59 Å². The summed E-state index contributed by atoms with van der Waals surface area (Å²) in [5.41, 5.74) is 2.23. The summed E-state index contributed by atoms with van der Waals surface area (Å²) in [7, 11) is 3.20. The molecule has 1 aromatic heterocycles. The third kappa shape index (κ3) is 6.35. The Kier molecular flexibility index (Phi) is 8.56. The Bertz CT molecular complexity index is 1210. The first kappa shape index (κ1) is 25.9. The molecule has 1 aliphatic heterocycles. The van der Waals surface area contributed by atoms with Gasteiger partial charge in [0.1, 0.15) is 18.0 Å². The first-order valence-electron chi connectivity index (χ1n) is 12.5. The van der Waals surface area contributed by atoms with Crippen LogP contribution in [0.1, 0.15) is 23.7 Å². The van der Waals surface area contributed by atoms with E-state index in [0.717, 1.165) is 29.2 Å². The average molecular weight is 504 g/mol. The minimum atomic E-state index is -0.167. The van der Waals surface area contributed by atoms with Crippen LogP contribution in [0.5, 0.6) is 11.5 Å². The lowest BCUT2D eigenvalue weighted by atomic mass is 10.1. The van der Waals surface area contributed by atoms with Crippen LogP contribution >= 0.6 is 0 Å². The minimum Gasteiger partial charge on any atom is -0.497 e. The molecule has 2 aromatic carbocycles. The fraction of sp³-hybridized carbons (Fsp3) is 0.357. The zero-order chi connectivity index (χ0) is 26.2. The van der Waals surface area contributed by atoms with E-state index in [1.807, 2.05) is 48.2 Å². The van der Waals surface area contributed by atoms with Gasteiger partial charge in [-0.25, -0.2) is 0 Å². The van der Waals surface area contributed by atoms with Gasteiger partial charge in [-0.1, -0.05) is 25.1 Å². The summed E-state index contributed by atoms with van der Waals surface area (Å²) >= 11 is 0. The van der Waals surface area contributed by atoms with Crippen LogP contribution < -0.4 is 14.4 Å². The fourth-order valence-corrected chi connectivity index (χ4v) is 4.34. The van der Waals surface area contributed by atoms with Crippen LogP contribution in [0.2, 0.25) is 0 Å². The number of carbonyl (C=O) groups is 2. The number of anilines is 1. The smallest absolute Gasteiger partial charge is 0.254 e. The van der Waals surface area contributed by atoms with E-state index in [4.69, 9.17) is 9.47 Å². The van der Waals surface area contributed by atoms with Gasteiger partial charge >= 0.3 is 0 Å². The predicted octanol–water partition coefficient (Wildman–Crippen LogP) is 3.36. The monoisotopic (exact) mass is 503 g/mol. The van der Waals surface area contributed by atoms with Crippen LogP contribution in [0.4, 0.5) is 5.82 Å². The average Bonchev–Trinajstić information content (AvgIpc) is 2.96. The van der Waals surface area contributed by atoms with Crippen LogP contribution in [-0.4, -0.2) is 85.3 Å². The third-order valence-electron chi connectivity index (χ3n) is 6.40. The molecule has 0 unspecified atom stereocenters. The molecule has 9 heteroatoms. The van der Waals surface area contributed by atoms with Gasteiger partial charge in [0, 0.05) is 43.9 Å². The number of hydrogen-bond donors (Lipinski definition) is 0. The molecule has 0 bridgehead atoms. The molecule has 9 nitrogen and oxygen atoms in total. The molecule has 1 saturated heterocycles. The number of aromatic nitrogens is 2. The van der Waals surface area contributed by atoms with E-state index in [1.165, 1.54) is 0 Å². The molecule has 4 rings (SSSR count). The highest BCUT2D eigenvalue weighted by atomic mass is 16.5. The molecule has 0 spiro atoms. The normalized spacial score (nSPS) is 13.3. The molecule has 0 saturated carbocycles. The molecule has 0 radical (unpaired) electrons. The number of rotatable bonds is 9. The van der Waals surface area contributed by atoms with Crippen LogP contribution in [-0.2, 0) is 4.79 Å². The van der Waals surface area contributed by atoms with Gasteiger partial charge in [-0.15, -0.1) is 10.2 Å². The zero-order valence-electron chi connectivity index (χ0n) is 21.6. The van der Waals surface area contributed by atoms with E-state index in [2.05, 4.69) is 15.1 Å². The molecule has 194 valence electrons. The second kappa shape index (κ2) is 12.2. The number of benzene rings is 2. The van der Waals surface area contributed by atoms with Crippen molar-refractivity contribution >= 4 is 17.6 Å². The SMILES string of the molecule is CCCN(CC(=O)N1CCN(c2ccc(-c3cccc(OC)c3)nn2)CC1)C(=O)c1cccc(OC)c1. The summed E-state index contributed by atoms with van der Waals surface area (Å²) in [6, 6.07) is 18.6. The van der Waals surface area contributed by atoms with E-state index < -0.39 is 0 Å². The molecule has 3 aromatic rings. The van der Waals surface area contributed by atoms with Crippen molar-refractivity contribution in [3.8, 4) is 22.8 Å². The second-order valence-corrected chi connectivity index (χ2v) is 8.84. The van der Waals surface area contributed by atoms with E-state index >= 15 is 0 Å². The maximum Gasteiger partial charge on any atom is 0.254 e. The highest BCUT2D eigenvalue weighted by molar-refractivity contribution is 5.96. The first-order valence-corrected chi connectivity index (χ1v) is 12.5. The van der Waals surface area contributed by atoms with Gasteiger partial charge in [0.2, 0.25) is 5.91 Å². The topological polar surface area (TPSA) is 88.1 Å². The highest BCUT2D eigenvalue weighted by Crippen LogP contribution is 2.23. The molecule has 2 amide bonds. The number of hydrogen-bond acceptors (Lipinski definition) is 7. The Hall–Kier alpha value is -4.14. The van der Waals surface area contributed by atoms with Crippen molar-refractivity contribution in [3.63, 3.8) is 0 Å². The van der Waals surface area contributed by atoms with Crippen molar-refractivity contribution in [3.05, 3.63) is 66.2 Å². The lowest BCUT2D eigenvalue weighted by Gasteiger charge is -2.36. The minimum absolute atomic E-state index is 0.0520. The number of carbonyl (C=O) groups excluding carboxylic acids is 2. The molecular weight excluding hydrogens is 470 g/mol. The summed E-state index contributed by atoms with van der Waals surface area (Å²) in [5.74, 6) is 1.94. The molecule has 0 aliphatic carbocycles. The maximum atomic E-state index is 13.1. The summed E-state index contributed by atoms with van der Waals surface area (Å²) in [6.07, 6.45) is 0.765. The maximum absolute atomic E-state index is 13.1. The molecule has 1 fully saturated rings. The summed E-state index contributed by atoms with van der Waals surface area (Å²) in [4.78, 5) is 31.7. The molecule has 0 N–H and O–H groups in total. The van der Waals surface area contributed by atoms with Crippen molar-refractivity contribution in [1.82, 2.24) is 20.0 Å². The van der Waals surface area contributed by atoms with Gasteiger partial charge in [-0.05, 0) is 48.9 Å². The molecule has 37 heavy (non-hydrogen) atoms. The largest absolute Gasteiger partial charge is 0.497 e. The Balaban J connectivity index is 1.34. The van der Waals surface area contributed by atoms with Gasteiger partial charge in [0.05, 0.1) is 19.9 Å². The van der Waals surface area contributed by atoms with Gasteiger partial charge < -0.3 is 24.2 Å². The van der Waals surface area contributed by atoms with E-state index in [0.29, 0.717) is 44.0 Å². The van der Waals surface area contributed by atoms with Gasteiger partial charge in [0.15, 0.2) is 5.82 Å². The lowest BCUT2D eigenvalue weighted by molar-refractivity contribution is -0.132. The van der Waals surface area contributed by atoms with E-state index in [1.54, 1.807) is 43.4 Å². The summed E-state index contributed by atoms with van der Waals surface area (Å²) < 4.78 is 10.5. The van der Waals surface area contributed by atoms with Gasteiger partial charge in [-0.2, -0.15) is 0 Å². The van der Waals surface area contributed by atoms with E-state index in [-0.39, 0.29) is 18.4 Å². The zero-order valence-corrected chi connectivity index (χ0v) is 21.6. The molecule has 2 heterocycles. The molecule has 0 atom stereocenters. The first-order chi connectivity index (χ1) is 18.0. The number of piperazine rings is 1. The standard InChI is InChI=1S/C28H33N5O4/c1-4-13-33(28(35)22-8-6-10-24(19-22)37-3)20-27(34)32-16-14-31(15-17-32)26-12-11-25(29-30-26)21-7-5-9-23(18-21)36-2/h5-12,18-19H,4,13-17,20H2,1-3H3. The quantitative estimate of drug-likeness (QED) is 0.442. The van der Waals surface area contributed by atoms with Crippen LogP contribution in [0.3, 0.4) is 0 Å². The van der Waals surface area contributed by atoms with Crippen molar-refractivity contribution in [2.45, 2.75) is 13.3 Å². The van der Waals surface area contributed by atoms with E-state index in [9.17, 15) is 9.59 Å². The molecule has 1 aliphatic rings. The van der Waals surface area contributed by atoms with Gasteiger partial charge in [0.25, 0.3) is 5.91 Å². The Labute approximate surface area is 217 Å². The Morgan fingerprint density at radius 1 is 0.892 bits per heavy atom. The Morgan fingerprint density at radius 3 is 2.24 bits per heavy atom. The lowest BCUT2D eigenvalue weighted by Crippen LogP contribution is -2.52. The second-order valence-electron chi connectivity index (χ2n) is 8.84. The Morgan fingerprint density at radius 2 is 1.59 bits per heavy atom. The van der Waals surface area contributed by atoms with Crippen molar-refractivity contribution in [2.75, 3.05) is 58.4 Å². The van der Waals surface area contributed by atoms with Crippen molar-refractivity contribution < 1.29 is 19.1 Å². The van der Waals surface area contributed by atoms with Crippen LogP contribution in [0.25, 0.3) is 11.3 Å². The van der Waals surface area contributed by atoms with Crippen molar-refractivity contribution in [1.29, 1.82) is 0 Å². The fourth-order valence-electron chi connectivity index (χ4n) is 4.34. The highest BCUT2D eigenvalue weighted by Gasteiger charge is 2.26. The molecular formula is C28H33N5O4. The van der Waals surface area contributed by atoms with Crippen molar-refractivity contribution in [2.24, 2.45) is 0 Å². The number of methoxy groups -OCH3 is 2. The number of ether oxygens (including phenoxy) is 2. The number of nitrogens with zero attached hydrogens (tertiary/aromatic N) is 5.